The van der Waals surface area contributed by atoms with Crippen molar-refractivity contribution in [2.45, 2.75) is 11.3 Å². The molecule has 1 aliphatic heterocycles. The number of nitro groups is 1. The first-order valence-corrected chi connectivity index (χ1v) is 12.2. The van der Waals surface area contributed by atoms with Gasteiger partial charge in [0.2, 0.25) is 11.0 Å². The first kappa shape index (κ1) is 22.8. The fourth-order valence-electron chi connectivity index (χ4n) is 3.29. The molecule has 0 aliphatic carbocycles. The van der Waals surface area contributed by atoms with E-state index >= 15 is 0 Å². The van der Waals surface area contributed by atoms with Gasteiger partial charge in [0.25, 0.3) is 15.7 Å². The molecule has 3 aromatic rings. The van der Waals surface area contributed by atoms with Crippen LogP contribution in [-0.4, -0.2) is 60.6 Å². The van der Waals surface area contributed by atoms with Crippen molar-refractivity contribution in [1.82, 2.24) is 15.1 Å². The second kappa shape index (κ2) is 9.60. The zero-order valence-electron chi connectivity index (χ0n) is 17.2. The highest BCUT2D eigenvalue weighted by molar-refractivity contribution is 7.93. The topological polar surface area (TPSA) is 145 Å². The normalized spacial score (nSPS) is 14.1. The number of carbonyl (C=O) groups is 1. The average Bonchev–Trinajstić information content (AvgIpc) is 3.25. The van der Waals surface area contributed by atoms with Crippen LogP contribution in [0.1, 0.15) is 5.01 Å². The third-order valence-corrected chi connectivity index (χ3v) is 7.26. The molecule has 1 fully saturated rings. The number of nitrogens with zero attached hydrogens (tertiary/aromatic N) is 4. The summed E-state index contributed by atoms with van der Waals surface area (Å²) in [6.45, 7) is 1.91. The SMILES string of the molecule is O=C(Cc1nnc(NS(=O)(=O)c2ccc(-c3ccccc3)cc2[N+](=O)[O-])s1)N1CCOCC1. The van der Waals surface area contributed by atoms with Gasteiger partial charge in [0.1, 0.15) is 5.01 Å². The minimum atomic E-state index is -4.32. The van der Waals surface area contributed by atoms with Crippen molar-refractivity contribution < 1.29 is 22.9 Å². The maximum Gasteiger partial charge on any atom is 0.290 e. The van der Waals surface area contributed by atoms with Gasteiger partial charge in [-0.15, -0.1) is 10.2 Å². The van der Waals surface area contributed by atoms with E-state index in [0.29, 0.717) is 36.9 Å². The summed E-state index contributed by atoms with van der Waals surface area (Å²) in [5.74, 6) is -0.156. The van der Waals surface area contributed by atoms with Gasteiger partial charge < -0.3 is 9.64 Å². The molecular formula is C20H19N5O6S2. The lowest BCUT2D eigenvalue weighted by Crippen LogP contribution is -2.41. The summed E-state index contributed by atoms with van der Waals surface area (Å²) in [5, 5.41) is 19.5. The molecule has 0 radical (unpaired) electrons. The fraction of sp³-hybridized carbons (Fsp3) is 0.250. The van der Waals surface area contributed by atoms with E-state index in [1.807, 2.05) is 6.07 Å². The Morgan fingerprint density at radius 2 is 1.85 bits per heavy atom. The Morgan fingerprint density at radius 3 is 2.55 bits per heavy atom. The van der Waals surface area contributed by atoms with E-state index in [0.717, 1.165) is 16.9 Å². The van der Waals surface area contributed by atoms with Crippen molar-refractivity contribution in [2.24, 2.45) is 0 Å². The second-order valence-electron chi connectivity index (χ2n) is 7.08. The molecule has 0 bridgehead atoms. The quantitative estimate of drug-likeness (QED) is 0.393. The molecule has 33 heavy (non-hydrogen) atoms. The van der Waals surface area contributed by atoms with Crippen LogP contribution in [-0.2, 0) is 26.0 Å². The number of hydrogen-bond acceptors (Lipinski definition) is 9. The van der Waals surface area contributed by atoms with E-state index in [1.165, 1.54) is 18.2 Å². The minimum absolute atomic E-state index is 0.0225. The molecule has 0 atom stereocenters. The lowest BCUT2D eigenvalue weighted by molar-refractivity contribution is -0.387. The van der Waals surface area contributed by atoms with E-state index in [2.05, 4.69) is 14.9 Å². The minimum Gasteiger partial charge on any atom is -0.378 e. The van der Waals surface area contributed by atoms with Gasteiger partial charge in [0.15, 0.2) is 4.90 Å². The molecule has 2 aromatic carbocycles. The second-order valence-corrected chi connectivity index (χ2v) is 9.79. The molecule has 1 N–H and O–H groups in total. The van der Waals surface area contributed by atoms with Crippen LogP contribution in [0.15, 0.2) is 53.4 Å². The largest absolute Gasteiger partial charge is 0.378 e. The Hall–Kier alpha value is -3.42. The van der Waals surface area contributed by atoms with Gasteiger partial charge in [-0.25, -0.2) is 8.42 Å². The Bertz CT molecular complexity index is 1270. The summed E-state index contributed by atoms with van der Waals surface area (Å²) >= 11 is 0.900. The molecule has 0 unspecified atom stereocenters. The number of ether oxygens (including phenoxy) is 1. The highest BCUT2D eigenvalue weighted by Gasteiger charge is 2.28. The van der Waals surface area contributed by atoms with E-state index in [-0.39, 0.29) is 17.5 Å². The summed E-state index contributed by atoms with van der Waals surface area (Å²) in [6, 6.07) is 12.8. The van der Waals surface area contributed by atoms with Crippen LogP contribution in [0.25, 0.3) is 11.1 Å². The molecule has 1 saturated heterocycles. The molecule has 13 heteroatoms. The smallest absolute Gasteiger partial charge is 0.290 e. The van der Waals surface area contributed by atoms with Gasteiger partial charge in [-0.05, 0) is 17.2 Å². The van der Waals surface area contributed by atoms with Gasteiger partial charge in [-0.3, -0.25) is 19.6 Å². The summed E-state index contributed by atoms with van der Waals surface area (Å²) in [7, 11) is -4.32. The molecule has 0 spiro atoms. The molecule has 172 valence electrons. The van der Waals surface area contributed by atoms with Gasteiger partial charge >= 0.3 is 0 Å². The maximum absolute atomic E-state index is 12.9. The Balaban J connectivity index is 1.53. The number of amides is 1. The van der Waals surface area contributed by atoms with Crippen LogP contribution in [0.3, 0.4) is 0 Å². The van der Waals surface area contributed by atoms with E-state index < -0.39 is 25.5 Å². The Morgan fingerprint density at radius 1 is 1.12 bits per heavy atom. The number of rotatable bonds is 7. The average molecular weight is 490 g/mol. The van der Waals surface area contributed by atoms with Gasteiger partial charge in [0.05, 0.1) is 24.6 Å². The molecule has 1 aliphatic rings. The number of sulfonamides is 1. The highest BCUT2D eigenvalue weighted by Crippen LogP contribution is 2.31. The van der Waals surface area contributed by atoms with Crippen LogP contribution in [0, 0.1) is 10.1 Å². The lowest BCUT2D eigenvalue weighted by Gasteiger charge is -2.26. The first-order chi connectivity index (χ1) is 15.8. The summed E-state index contributed by atoms with van der Waals surface area (Å²) in [5.41, 5.74) is 0.674. The van der Waals surface area contributed by atoms with Crippen molar-refractivity contribution in [3.8, 4) is 11.1 Å². The van der Waals surface area contributed by atoms with Gasteiger partial charge in [0, 0.05) is 19.2 Å². The van der Waals surface area contributed by atoms with Crippen molar-refractivity contribution in [3.63, 3.8) is 0 Å². The predicted octanol–water partition coefficient (Wildman–Crippen LogP) is 2.32. The highest BCUT2D eigenvalue weighted by atomic mass is 32.2. The molecule has 1 aromatic heterocycles. The molecular weight excluding hydrogens is 470 g/mol. The summed E-state index contributed by atoms with van der Waals surface area (Å²) < 4.78 is 33.2. The number of nitro benzene ring substituents is 1. The Kier molecular flexibility index (Phi) is 6.62. The van der Waals surface area contributed by atoms with Crippen molar-refractivity contribution in [3.05, 3.63) is 63.7 Å². The summed E-state index contributed by atoms with van der Waals surface area (Å²) in [6.07, 6.45) is -0.0225. The molecule has 2 heterocycles. The predicted molar refractivity (Wildman–Crippen MR) is 120 cm³/mol. The zero-order chi connectivity index (χ0) is 23.4. The lowest BCUT2D eigenvalue weighted by atomic mass is 10.1. The van der Waals surface area contributed by atoms with Gasteiger partial charge in [-0.2, -0.15) is 0 Å². The number of anilines is 1. The van der Waals surface area contributed by atoms with Crippen LogP contribution < -0.4 is 4.72 Å². The first-order valence-electron chi connectivity index (χ1n) is 9.88. The monoisotopic (exact) mass is 489 g/mol. The van der Waals surface area contributed by atoms with Gasteiger partial charge in [-0.1, -0.05) is 47.7 Å². The van der Waals surface area contributed by atoms with Crippen molar-refractivity contribution in [1.29, 1.82) is 0 Å². The summed E-state index contributed by atoms with van der Waals surface area (Å²) in [4.78, 5) is 24.4. The molecule has 1 amide bonds. The number of benzene rings is 2. The number of carbonyl (C=O) groups excluding carboxylic acids is 1. The van der Waals surface area contributed by atoms with Crippen LogP contribution in [0.4, 0.5) is 10.8 Å². The zero-order valence-corrected chi connectivity index (χ0v) is 18.8. The molecule has 11 nitrogen and oxygen atoms in total. The Labute approximate surface area is 193 Å². The number of hydrogen-bond donors (Lipinski definition) is 1. The van der Waals surface area contributed by atoms with Crippen LogP contribution in [0.5, 0.6) is 0 Å². The van der Waals surface area contributed by atoms with E-state index in [1.54, 1.807) is 29.2 Å². The van der Waals surface area contributed by atoms with Crippen molar-refractivity contribution in [2.75, 3.05) is 31.0 Å². The molecule has 0 saturated carbocycles. The fourth-order valence-corrected chi connectivity index (χ4v) is 5.40. The molecule has 4 rings (SSSR count). The standard InChI is InChI=1S/C20H19N5O6S2/c26-19(24-8-10-31-11-9-24)13-18-21-22-20(32-18)23-33(29,30)17-7-6-15(12-16(17)25(27)28)14-4-2-1-3-5-14/h1-7,12H,8-11,13H2,(H,22,23). The third-order valence-electron chi connectivity index (χ3n) is 4.91. The van der Waals surface area contributed by atoms with E-state index in [9.17, 15) is 23.3 Å². The van der Waals surface area contributed by atoms with Crippen LogP contribution in [0.2, 0.25) is 0 Å². The number of nitrogens with one attached hydrogen (secondary N) is 1. The maximum atomic E-state index is 12.9. The third kappa shape index (κ3) is 5.32. The number of aromatic nitrogens is 2. The number of morpholine rings is 1. The van der Waals surface area contributed by atoms with Crippen molar-refractivity contribution >= 4 is 38.1 Å². The van der Waals surface area contributed by atoms with Crippen LogP contribution >= 0.6 is 11.3 Å². The van der Waals surface area contributed by atoms with E-state index in [4.69, 9.17) is 4.74 Å².